The normalized spacial score (nSPS) is 17.7. The SMILES string of the molecule is Cc1cc(N2CC(C)Cc3ccccc32)ccc1CCN. The van der Waals surface area contributed by atoms with Gasteiger partial charge in [0.25, 0.3) is 0 Å². The molecule has 0 saturated carbocycles. The molecule has 1 aliphatic heterocycles. The van der Waals surface area contributed by atoms with Gasteiger partial charge in [0.1, 0.15) is 0 Å². The second kappa shape index (κ2) is 5.90. The van der Waals surface area contributed by atoms with Crippen LogP contribution in [0.5, 0.6) is 0 Å². The molecule has 2 aromatic carbocycles. The van der Waals surface area contributed by atoms with Crippen LogP contribution >= 0.6 is 0 Å². The molecule has 0 spiro atoms. The Morgan fingerprint density at radius 3 is 2.76 bits per heavy atom. The van der Waals surface area contributed by atoms with Gasteiger partial charge in [-0.25, -0.2) is 0 Å². The summed E-state index contributed by atoms with van der Waals surface area (Å²) in [5.41, 5.74) is 12.5. The Morgan fingerprint density at radius 2 is 2.00 bits per heavy atom. The lowest BCUT2D eigenvalue weighted by Crippen LogP contribution is -2.30. The number of rotatable bonds is 3. The highest BCUT2D eigenvalue weighted by atomic mass is 15.1. The molecule has 0 fully saturated rings. The molecular weight excluding hydrogens is 256 g/mol. The minimum Gasteiger partial charge on any atom is -0.341 e. The zero-order valence-corrected chi connectivity index (χ0v) is 13.0. The second-order valence-electron chi connectivity index (χ2n) is 6.20. The molecule has 0 bridgehead atoms. The molecule has 3 rings (SSSR count). The van der Waals surface area contributed by atoms with Gasteiger partial charge < -0.3 is 10.6 Å². The van der Waals surface area contributed by atoms with Crippen LogP contribution in [0.3, 0.4) is 0 Å². The summed E-state index contributed by atoms with van der Waals surface area (Å²) in [6, 6.07) is 15.6. The van der Waals surface area contributed by atoms with Gasteiger partial charge in [-0.15, -0.1) is 0 Å². The van der Waals surface area contributed by atoms with Crippen molar-refractivity contribution in [3.8, 4) is 0 Å². The molecule has 1 heterocycles. The molecule has 110 valence electrons. The van der Waals surface area contributed by atoms with Crippen molar-refractivity contribution < 1.29 is 0 Å². The third-order valence-corrected chi connectivity index (χ3v) is 4.40. The fourth-order valence-corrected chi connectivity index (χ4v) is 3.33. The van der Waals surface area contributed by atoms with Gasteiger partial charge in [-0.05, 0) is 67.1 Å². The molecule has 0 amide bonds. The van der Waals surface area contributed by atoms with Crippen LogP contribution in [0, 0.1) is 12.8 Å². The number of anilines is 2. The Bertz CT molecular complexity index is 633. The lowest BCUT2D eigenvalue weighted by Gasteiger charge is -2.35. The van der Waals surface area contributed by atoms with Crippen molar-refractivity contribution in [2.45, 2.75) is 26.7 Å². The highest BCUT2D eigenvalue weighted by Gasteiger charge is 2.22. The zero-order valence-electron chi connectivity index (χ0n) is 13.0. The van der Waals surface area contributed by atoms with E-state index in [-0.39, 0.29) is 0 Å². The van der Waals surface area contributed by atoms with E-state index < -0.39 is 0 Å². The highest BCUT2D eigenvalue weighted by Crippen LogP contribution is 2.35. The molecule has 2 N–H and O–H groups in total. The molecule has 1 unspecified atom stereocenters. The van der Waals surface area contributed by atoms with Crippen molar-refractivity contribution in [1.29, 1.82) is 0 Å². The molecule has 0 aromatic heterocycles. The second-order valence-corrected chi connectivity index (χ2v) is 6.20. The number of nitrogens with two attached hydrogens (primary N) is 1. The van der Waals surface area contributed by atoms with Crippen molar-refractivity contribution in [3.05, 3.63) is 59.2 Å². The minimum atomic E-state index is 0.684. The van der Waals surface area contributed by atoms with E-state index in [1.807, 2.05) is 0 Å². The monoisotopic (exact) mass is 280 g/mol. The van der Waals surface area contributed by atoms with Crippen molar-refractivity contribution in [2.75, 3.05) is 18.0 Å². The predicted molar refractivity (Wildman–Crippen MR) is 90.3 cm³/mol. The van der Waals surface area contributed by atoms with Crippen LogP contribution in [0.2, 0.25) is 0 Å². The summed E-state index contributed by atoms with van der Waals surface area (Å²) in [6.45, 7) is 6.32. The van der Waals surface area contributed by atoms with Gasteiger partial charge >= 0.3 is 0 Å². The fourth-order valence-electron chi connectivity index (χ4n) is 3.33. The van der Waals surface area contributed by atoms with Gasteiger partial charge in [0.15, 0.2) is 0 Å². The fraction of sp³-hybridized carbons (Fsp3) is 0.368. The Kier molecular flexibility index (Phi) is 3.98. The number of nitrogens with zero attached hydrogens (tertiary/aromatic N) is 1. The van der Waals surface area contributed by atoms with Crippen molar-refractivity contribution in [1.82, 2.24) is 0 Å². The Balaban J connectivity index is 1.99. The maximum atomic E-state index is 5.68. The molecule has 2 aromatic rings. The lowest BCUT2D eigenvalue weighted by molar-refractivity contribution is 0.562. The maximum absolute atomic E-state index is 5.68. The number of fused-ring (bicyclic) bond motifs is 1. The quantitative estimate of drug-likeness (QED) is 0.926. The molecule has 21 heavy (non-hydrogen) atoms. The van der Waals surface area contributed by atoms with E-state index in [2.05, 4.69) is 61.2 Å². The minimum absolute atomic E-state index is 0.684. The van der Waals surface area contributed by atoms with Crippen LogP contribution in [-0.4, -0.2) is 13.1 Å². The molecule has 1 atom stereocenters. The van der Waals surface area contributed by atoms with E-state index in [4.69, 9.17) is 5.73 Å². The van der Waals surface area contributed by atoms with E-state index in [1.54, 1.807) is 0 Å². The summed E-state index contributed by atoms with van der Waals surface area (Å²) in [5.74, 6) is 0.684. The van der Waals surface area contributed by atoms with Gasteiger partial charge in [0.2, 0.25) is 0 Å². The molecule has 0 saturated heterocycles. The standard InChI is InChI=1S/C19H24N2/c1-14-11-17-5-3-4-6-19(17)21(13-14)18-8-7-16(9-10-20)15(2)12-18/h3-8,12,14H,9-11,13,20H2,1-2H3. The van der Waals surface area contributed by atoms with Crippen LogP contribution in [0.15, 0.2) is 42.5 Å². The predicted octanol–water partition coefficient (Wildman–Crippen LogP) is 3.83. The van der Waals surface area contributed by atoms with E-state index in [0.717, 1.165) is 13.0 Å². The Labute approximate surface area is 127 Å². The average molecular weight is 280 g/mol. The van der Waals surface area contributed by atoms with Crippen molar-refractivity contribution >= 4 is 11.4 Å². The first-order valence-electron chi connectivity index (χ1n) is 7.84. The van der Waals surface area contributed by atoms with E-state index in [1.165, 1.54) is 34.5 Å². The summed E-state index contributed by atoms with van der Waals surface area (Å²) >= 11 is 0. The smallest absolute Gasteiger partial charge is 0.0443 e. The van der Waals surface area contributed by atoms with Crippen LogP contribution in [0.1, 0.15) is 23.6 Å². The van der Waals surface area contributed by atoms with Crippen LogP contribution in [0.25, 0.3) is 0 Å². The molecule has 2 nitrogen and oxygen atoms in total. The Hall–Kier alpha value is -1.80. The van der Waals surface area contributed by atoms with E-state index in [9.17, 15) is 0 Å². The first kappa shape index (κ1) is 14.2. The largest absolute Gasteiger partial charge is 0.341 e. The van der Waals surface area contributed by atoms with Gasteiger partial charge in [-0.2, -0.15) is 0 Å². The average Bonchev–Trinajstić information content (AvgIpc) is 2.48. The topological polar surface area (TPSA) is 29.3 Å². The van der Waals surface area contributed by atoms with Gasteiger partial charge in [-0.1, -0.05) is 31.2 Å². The van der Waals surface area contributed by atoms with Crippen LogP contribution in [0.4, 0.5) is 11.4 Å². The van der Waals surface area contributed by atoms with Gasteiger partial charge in [-0.3, -0.25) is 0 Å². The summed E-state index contributed by atoms with van der Waals surface area (Å²) in [7, 11) is 0. The van der Waals surface area contributed by atoms with Crippen LogP contribution < -0.4 is 10.6 Å². The zero-order chi connectivity index (χ0) is 14.8. The number of aryl methyl sites for hydroxylation is 1. The summed E-state index contributed by atoms with van der Waals surface area (Å²) < 4.78 is 0. The summed E-state index contributed by atoms with van der Waals surface area (Å²) in [6.07, 6.45) is 2.13. The molecule has 0 aliphatic carbocycles. The summed E-state index contributed by atoms with van der Waals surface area (Å²) in [5, 5.41) is 0. The number of hydrogen-bond donors (Lipinski definition) is 1. The van der Waals surface area contributed by atoms with Crippen molar-refractivity contribution in [3.63, 3.8) is 0 Å². The third-order valence-electron chi connectivity index (χ3n) is 4.40. The first-order valence-corrected chi connectivity index (χ1v) is 7.84. The number of benzene rings is 2. The van der Waals surface area contributed by atoms with Crippen molar-refractivity contribution in [2.24, 2.45) is 11.7 Å². The third kappa shape index (κ3) is 2.81. The first-order chi connectivity index (χ1) is 10.2. The summed E-state index contributed by atoms with van der Waals surface area (Å²) in [4.78, 5) is 2.46. The van der Waals surface area contributed by atoms with Gasteiger partial charge in [0.05, 0.1) is 0 Å². The van der Waals surface area contributed by atoms with Gasteiger partial charge in [0, 0.05) is 17.9 Å². The molecular formula is C19H24N2. The number of hydrogen-bond acceptors (Lipinski definition) is 2. The lowest BCUT2D eigenvalue weighted by atomic mass is 9.93. The molecule has 1 aliphatic rings. The van der Waals surface area contributed by atoms with E-state index in [0.29, 0.717) is 12.5 Å². The highest BCUT2D eigenvalue weighted by molar-refractivity contribution is 5.68. The molecule has 0 radical (unpaired) electrons. The maximum Gasteiger partial charge on any atom is 0.0443 e. The Morgan fingerprint density at radius 1 is 1.19 bits per heavy atom. The molecule has 2 heteroatoms. The van der Waals surface area contributed by atoms with E-state index >= 15 is 0 Å². The number of para-hydroxylation sites is 1. The van der Waals surface area contributed by atoms with Crippen LogP contribution in [-0.2, 0) is 12.8 Å².